The van der Waals surface area contributed by atoms with Gasteiger partial charge < -0.3 is 14.6 Å². The molecule has 2 heterocycles. The first kappa shape index (κ1) is 21.1. The molecule has 0 aliphatic carbocycles. The number of aromatic nitrogens is 1. The second-order valence-corrected chi connectivity index (χ2v) is 9.19. The van der Waals surface area contributed by atoms with Crippen molar-refractivity contribution in [3.63, 3.8) is 0 Å². The number of nitrogens with one attached hydrogen (secondary N) is 1. The minimum Gasteiger partial charge on any atom is -0.464 e. The van der Waals surface area contributed by atoms with Crippen LogP contribution < -0.4 is 5.32 Å². The predicted octanol–water partition coefficient (Wildman–Crippen LogP) is 2.22. The topological polar surface area (TPSA) is 97.7 Å². The number of hydrogen-bond donors (Lipinski definition) is 1. The molecule has 1 aromatic carbocycles. The van der Waals surface area contributed by atoms with Crippen LogP contribution in [0.15, 0.2) is 35.4 Å². The van der Waals surface area contributed by atoms with E-state index in [2.05, 4.69) is 10.1 Å². The highest BCUT2D eigenvalue weighted by Gasteiger charge is 2.40. The number of methoxy groups -OCH3 is 1. The normalized spacial score (nSPS) is 17.3. The van der Waals surface area contributed by atoms with Crippen molar-refractivity contribution in [1.82, 2.24) is 8.87 Å². The monoisotopic (exact) mass is 419 g/mol. The van der Waals surface area contributed by atoms with Crippen LogP contribution in [0, 0.1) is 13.8 Å². The van der Waals surface area contributed by atoms with Crippen LogP contribution in [-0.4, -0.2) is 48.9 Å². The summed E-state index contributed by atoms with van der Waals surface area (Å²) in [6.45, 7) is 4.11. The smallest absolute Gasteiger partial charge is 0.354 e. The van der Waals surface area contributed by atoms with Crippen molar-refractivity contribution in [2.75, 3.05) is 19.0 Å². The minimum absolute atomic E-state index is 0.0356. The molecule has 8 nitrogen and oxygen atoms in total. The molecule has 1 aliphatic rings. The molecular weight excluding hydrogens is 394 g/mol. The van der Waals surface area contributed by atoms with E-state index >= 15 is 0 Å². The zero-order valence-electron chi connectivity index (χ0n) is 16.9. The highest BCUT2D eigenvalue weighted by molar-refractivity contribution is 7.89. The highest BCUT2D eigenvalue weighted by atomic mass is 32.2. The number of aryl methyl sites for hydroxylation is 3. The number of hydrogen-bond acceptors (Lipinski definition) is 5. The lowest BCUT2D eigenvalue weighted by Gasteiger charge is -2.23. The van der Waals surface area contributed by atoms with Crippen LogP contribution in [0.25, 0.3) is 0 Å². The van der Waals surface area contributed by atoms with E-state index in [9.17, 15) is 18.0 Å². The molecular formula is C20H25N3O5S. The maximum atomic E-state index is 13.2. The number of nitrogens with zero attached hydrogens (tertiary/aromatic N) is 2. The zero-order chi connectivity index (χ0) is 21.3. The molecule has 0 spiro atoms. The standard InChI is InChI=1S/C20H25N3O5S/c1-13-8-14(2)10-15(9-13)21-19(24)17-6-5-7-23(17)29(26,27)16-11-18(20(25)28-4)22(3)12-16/h8-12,17H,5-7H2,1-4H3,(H,21,24)/t17-/m1/s1. The van der Waals surface area contributed by atoms with Crippen LogP contribution in [-0.2, 0) is 26.6 Å². The van der Waals surface area contributed by atoms with Gasteiger partial charge in [0, 0.05) is 25.5 Å². The van der Waals surface area contributed by atoms with Crippen LogP contribution in [0.3, 0.4) is 0 Å². The Morgan fingerprint density at radius 2 is 1.79 bits per heavy atom. The van der Waals surface area contributed by atoms with Crippen LogP contribution in [0.1, 0.15) is 34.5 Å². The molecule has 1 aromatic heterocycles. The van der Waals surface area contributed by atoms with Crippen molar-refractivity contribution in [1.29, 1.82) is 0 Å². The molecule has 1 atom stereocenters. The van der Waals surface area contributed by atoms with Crippen molar-refractivity contribution in [2.24, 2.45) is 7.05 Å². The Hall–Kier alpha value is -2.65. The van der Waals surface area contributed by atoms with Crippen molar-refractivity contribution in [2.45, 2.75) is 37.6 Å². The fourth-order valence-corrected chi connectivity index (χ4v) is 5.41. The van der Waals surface area contributed by atoms with Gasteiger partial charge in [-0.2, -0.15) is 4.31 Å². The van der Waals surface area contributed by atoms with E-state index in [4.69, 9.17) is 0 Å². The average molecular weight is 420 g/mol. The number of sulfonamides is 1. The van der Waals surface area contributed by atoms with Crippen LogP contribution >= 0.6 is 0 Å². The van der Waals surface area contributed by atoms with Crippen LogP contribution in [0.2, 0.25) is 0 Å². The number of benzene rings is 1. The van der Waals surface area contributed by atoms with Gasteiger partial charge in [0.05, 0.1) is 7.11 Å². The van der Waals surface area contributed by atoms with E-state index in [0.717, 1.165) is 11.1 Å². The van der Waals surface area contributed by atoms with E-state index in [1.807, 2.05) is 32.0 Å². The molecule has 0 radical (unpaired) electrons. The van der Waals surface area contributed by atoms with Gasteiger partial charge in [0.1, 0.15) is 16.6 Å². The second-order valence-electron chi connectivity index (χ2n) is 7.30. The molecule has 2 aromatic rings. The number of anilines is 1. The van der Waals surface area contributed by atoms with Gasteiger partial charge >= 0.3 is 5.97 Å². The first-order valence-corrected chi connectivity index (χ1v) is 10.7. The summed E-state index contributed by atoms with van der Waals surface area (Å²) in [7, 11) is -1.14. The van der Waals surface area contributed by atoms with Crippen LogP contribution in [0.5, 0.6) is 0 Å². The van der Waals surface area contributed by atoms with Gasteiger partial charge in [-0.3, -0.25) is 4.79 Å². The molecule has 0 saturated carbocycles. The lowest BCUT2D eigenvalue weighted by molar-refractivity contribution is -0.119. The summed E-state index contributed by atoms with van der Waals surface area (Å²) in [6, 6.07) is 6.16. The largest absolute Gasteiger partial charge is 0.464 e. The number of carbonyl (C=O) groups excluding carboxylic acids is 2. The number of amides is 1. The third-order valence-corrected chi connectivity index (χ3v) is 6.85. The van der Waals surface area contributed by atoms with Gasteiger partial charge in [-0.05, 0) is 56.0 Å². The van der Waals surface area contributed by atoms with E-state index in [-0.39, 0.29) is 23.0 Å². The Kier molecular flexibility index (Phi) is 5.81. The Bertz CT molecular complexity index is 1040. The van der Waals surface area contributed by atoms with Crippen LogP contribution in [0.4, 0.5) is 5.69 Å². The summed E-state index contributed by atoms with van der Waals surface area (Å²) in [4.78, 5) is 24.6. The summed E-state index contributed by atoms with van der Waals surface area (Å²) in [5, 5.41) is 2.84. The zero-order valence-corrected chi connectivity index (χ0v) is 17.7. The lowest BCUT2D eigenvalue weighted by atomic mass is 10.1. The van der Waals surface area contributed by atoms with Gasteiger partial charge in [-0.15, -0.1) is 0 Å². The van der Waals surface area contributed by atoms with E-state index < -0.39 is 22.0 Å². The Morgan fingerprint density at radius 3 is 2.41 bits per heavy atom. The van der Waals surface area contributed by atoms with Gasteiger partial charge in [0.15, 0.2) is 0 Å². The molecule has 1 amide bonds. The van der Waals surface area contributed by atoms with Gasteiger partial charge in [-0.25, -0.2) is 13.2 Å². The summed E-state index contributed by atoms with van der Waals surface area (Å²) in [6.07, 6.45) is 2.38. The molecule has 156 valence electrons. The molecule has 1 saturated heterocycles. The molecule has 1 fully saturated rings. The Balaban J connectivity index is 1.85. The molecule has 1 N–H and O–H groups in total. The quantitative estimate of drug-likeness (QED) is 0.750. The van der Waals surface area contributed by atoms with Gasteiger partial charge in [-0.1, -0.05) is 6.07 Å². The SMILES string of the molecule is COC(=O)c1cc(S(=O)(=O)N2CCC[C@@H]2C(=O)Nc2cc(C)cc(C)c2)cn1C. The van der Waals surface area contributed by atoms with Crippen molar-refractivity contribution in [3.8, 4) is 0 Å². The summed E-state index contributed by atoms with van der Waals surface area (Å²) in [5.41, 5.74) is 2.79. The summed E-state index contributed by atoms with van der Waals surface area (Å²) < 4.78 is 33.6. The number of rotatable bonds is 5. The second kappa shape index (κ2) is 8.00. The predicted molar refractivity (Wildman–Crippen MR) is 108 cm³/mol. The molecule has 3 rings (SSSR count). The number of ether oxygens (including phenoxy) is 1. The molecule has 0 bridgehead atoms. The molecule has 0 unspecified atom stereocenters. The van der Waals surface area contributed by atoms with Crippen molar-refractivity contribution >= 4 is 27.6 Å². The molecule has 29 heavy (non-hydrogen) atoms. The fraction of sp³-hybridized carbons (Fsp3) is 0.400. The third-order valence-electron chi connectivity index (χ3n) is 4.98. The van der Waals surface area contributed by atoms with E-state index in [0.29, 0.717) is 18.5 Å². The maximum Gasteiger partial charge on any atom is 0.354 e. The Morgan fingerprint density at radius 1 is 1.14 bits per heavy atom. The average Bonchev–Trinajstić information content (AvgIpc) is 3.27. The summed E-state index contributed by atoms with van der Waals surface area (Å²) >= 11 is 0. The van der Waals surface area contributed by atoms with E-state index in [1.165, 1.54) is 28.2 Å². The van der Waals surface area contributed by atoms with Crippen molar-refractivity contribution < 1.29 is 22.7 Å². The Labute approximate surface area is 170 Å². The van der Waals surface area contributed by atoms with E-state index in [1.54, 1.807) is 7.05 Å². The minimum atomic E-state index is -3.94. The lowest BCUT2D eigenvalue weighted by Crippen LogP contribution is -2.43. The number of carbonyl (C=O) groups is 2. The van der Waals surface area contributed by atoms with Gasteiger partial charge in [0.25, 0.3) is 0 Å². The fourth-order valence-electron chi connectivity index (χ4n) is 3.68. The third kappa shape index (κ3) is 4.20. The van der Waals surface area contributed by atoms with Crippen molar-refractivity contribution in [3.05, 3.63) is 47.3 Å². The maximum absolute atomic E-state index is 13.2. The first-order valence-electron chi connectivity index (χ1n) is 9.29. The molecule has 9 heteroatoms. The molecule has 1 aliphatic heterocycles. The summed E-state index contributed by atoms with van der Waals surface area (Å²) in [5.74, 6) is -0.986. The number of esters is 1. The highest BCUT2D eigenvalue weighted by Crippen LogP contribution is 2.28. The first-order chi connectivity index (χ1) is 13.6. The van der Waals surface area contributed by atoms with Gasteiger partial charge in [0.2, 0.25) is 15.9 Å².